The Kier molecular flexibility index (Phi) is 6.97. The van der Waals surface area contributed by atoms with Gasteiger partial charge >= 0.3 is 0 Å². The Morgan fingerprint density at radius 1 is 0.714 bits per heavy atom. The minimum absolute atomic E-state index is 0.114. The van der Waals surface area contributed by atoms with Crippen molar-refractivity contribution in [2.45, 2.75) is 57.3 Å². The lowest BCUT2D eigenvalue weighted by Gasteiger charge is -2.25. The normalized spacial score (nSPS) is 16.9. The van der Waals surface area contributed by atoms with Gasteiger partial charge in [-0.25, -0.2) is 4.58 Å². The molecule has 35 heavy (non-hydrogen) atoms. The highest BCUT2D eigenvalue weighted by atomic mass is 32.2. The highest BCUT2D eigenvalue weighted by Crippen LogP contribution is 2.46. The van der Waals surface area contributed by atoms with Crippen molar-refractivity contribution in [1.82, 2.24) is 0 Å². The van der Waals surface area contributed by atoms with Crippen molar-refractivity contribution in [1.29, 1.82) is 0 Å². The molecule has 1 aliphatic heterocycles. The predicted octanol–water partition coefficient (Wildman–Crippen LogP) is 8.58. The van der Waals surface area contributed by atoms with Gasteiger partial charge in [-0.1, -0.05) is 95.8 Å². The van der Waals surface area contributed by atoms with Crippen LogP contribution in [0.5, 0.6) is 0 Å². The summed E-state index contributed by atoms with van der Waals surface area (Å²) in [5.41, 5.74) is 9.27. The van der Waals surface area contributed by atoms with Crippen molar-refractivity contribution in [3.8, 4) is 0 Å². The molecule has 0 unspecified atom stereocenters. The number of thioether (sulfide) groups is 1. The van der Waals surface area contributed by atoms with Gasteiger partial charge in [0.1, 0.15) is 14.1 Å². The number of rotatable bonds is 2. The molecule has 0 spiro atoms. The van der Waals surface area contributed by atoms with E-state index < -0.39 is 0 Å². The third kappa shape index (κ3) is 5.87. The average Bonchev–Trinajstić information content (AvgIpc) is 2.81. The maximum absolute atomic E-state index is 2.38. The smallest absolute Gasteiger partial charge is 0.199 e. The SMILES string of the molecule is C[N+](C)=C1C=CC(=C/C=C2/C=C(c3ccc(C(C)(C)C)cc3)Sc3ccc(C(C)(C)C)cc32)C=C1. The lowest BCUT2D eigenvalue weighted by atomic mass is 9.85. The van der Waals surface area contributed by atoms with Crippen LogP contribution in [0.3, 0.4) is 0 Å². The Hall–Kier alpha value is -2.84. The second kappa shape index (κ2) is 9.66. The largest absolute Gasteiger partial charge is 0.235 e. The predicted molar refractivity (Wildman–Crippen MR) is 156 cm³/mol. The van der Waals surface area contributed by atoms with Gasteiger partial charge in [0, 0.05) is 22.0 Å². The first-order chi connectivity index (χ1) is 16.4. The van der Waals surface area contributed by atoms with Crippen molar-refractivity contribution in [3.63, 3.8) is 0 Å². The summed E-state index contributed by atoms with van der Waals surface area (Å²) in [4.78, 5) is 2.61. The first-order valence-electron chi connectivity index (χ1n) is 12.4. The van der Waals surface area contributed by atoms with Crippen LogP contribution in [0.1, 0.15) is 63.8 Å². The molecule has 2 aliphatic rings. The lowest BCUT2D eigenvalue weighted by Crippen LogP contribution is -2.12. The minimum atomic E-state index is 0.114. The van der Waals surface area contributed by atoms with E-state index in [1.54, 1.807) is 0 Å². The molecule has 1 aliphatic carbocycles. The van der Waals surface area contributed by atoms with E-state index in [0.717, 1.165) is 0 Å². The Labute approximate surface area is 216 Å². The summed E-state index contributed by atoms with van der Waals surface area (Å²) in [7, 11) is 4.15. The van der Waals surface area contributed by atoms with Gasteiger partial charge in [0.25, 0.3) is 0 Å². The van der Waals surface area contributed by atoms with Crippen LogP contribution in [0, 0.1) is 0 Å². The van der Waals surface area contributed by atoms with E-state index in [9.17, 15) is 0 Å². The third-order valence-electron chi connectivity index (χ3n) is 6.56. The first kappa shape index (κ1) is 25.3. The Bertz CT molecular complexity index is 1290. The molecule has 0 fully saturated rings. The van der Waals surface area contributed by atoms with E-state index >= 15 is 0 Å². The van der Waals surface area contributed by atoms with Gasteiger partial charge in [-0.3, -0.25) is 0 Å². The van der Waals surface area contributed by atoms with Crippen molar-refractivity contribution < 1.29 is 4.58 Å². The van der Waals surface area contributed by atoms with Crippen LogP contribution in [-0.2, 0) is 10.8 Å². The maximum Gasteiger partial charge on any atom is 0.199 e. The fourth-order valence-electron chi connectivity index (χ4n) is 4.16. The molecular weight excluding hydrogens is 442 g/mol. The molecule has 4 rings (SSSR count). The molecule has 0 N–H and O–H groups in total. The van der Waals surface area contributed by atoms with Gasteiger partial charge in [0.15, 0.2) is 5.71 Å². The highest BCUT2D eigenvalue weighted by molar-refractivity contribution is 8.08. The van der Waals surface area contributed by atoms with Gasteiger partial charge in [-0.05, 0) is 74.6 Å². The van der Waals surface area contributed by atoms with Crippen molar-refractivity contribution in [2.75, 3.05) is 14.1 Å². The molecule has 0 aromatic heterocycles. The van der Waals surface area contributed by atoms with Gasteiger partial charge in [-0.15, -0.1) is 0 Å². The summed E-state index contributed by atoms with van der Waals surface area (Å²) in [5, 5.41) is 0. The van der Waals surface area contributed by atoms with E-state index in [2.05, 4.69) is 145 Å². The molecule has 0 saturated heterocycles. The molecule has 2 heteroatoms. The number of allylic oxidation sites excluding steroid dienone is 9. The quantitative estimate of drug-likeness (QED) is 0.389. The summed E-state index contributed by atoms with van der Waals surface area (Å²) < 4.78 is 2.13. The number of hydrogen-bond acceptors (Lipinski definition) is 1. The van der Waals surface area contributed by atoms with Crippen LogP contribution >= 0.6 is 11.8 Å². The zero-order valence-electron chi connectivity index (χ0n) is 22.4. The zero-order chi connectivity index (χ0) is 25.4. The zero-order valence-corrected chi connectivity index (χ0v) is 23.3. The molecule has 0 amide bonds. The third-order valence-corrected chi connectivity index (χ3v) is 7.71. The second-order valence-electron chi connectivity index (χ2n) is 11.7. The Morgan fingerprint density at radius 2 is 1.31 bits per heavy atom. The standard InChI is InChI=1S/C33H38NS/c1-32(2,3)26-15-13-24(14-16-26)31-21-25(12-9-23-10-18-28(19-11-23)34(7)8)29-22-27(33(4,5)6)17-20-30(29)35-31/h9-22H,1-8H3/q+1/b25-12-. The van der Waals surface area contributed by atoms with Gasteiger partial charge in [-0.2, -0.15) is 0 Å². The van der Waals surface area contributed by atoms with E-state index in [-0.39, 0.29) is 10.8 Å². The van der Waals surface area contributed by atoms with E-state index in [1.807, 2.05) is 11.8 Å². The summed E-state index contributed by atoms with van der Waals surface area (Å²) in [6.07, 6.45) is 15.6. The maximum atomic E-state index is 2.38. The Morgan fingerprint density at radius 3 is 1.89 bits per heavy atom. The lowest BCUT2D eigenvalue weighted by molar-refractivity contribution is -0.462. The van der Waals surface area contributed by atoms with Gasteiger partial charge in [0.2, 0.25) is 0 Å². The average molecular weight is 481 g/mol. The highest BCUT2D eigenvalue weighted by Gasteiger charge is 2.22. The summed E-state index contributed by atoms with van der Waals surface area (Å²) in [6.45, 7) is 13.6. The van der Waals surface area contributed by atoms with Crippen LogP contribution in [0.15, 0.2) is 95.5 Å². The molecule has 1 nitrogen and oxygen atoms in total. The molecular formula is C33H38NS+. The first-order valence-corrected chi connectivity index (χ1v) is 13.2. The van der Waals surface area contributed by atoms with E-state index in [1.165, 1.54) is 48.9 Å². The summed E-state index contributed by atoms with van der Waals surface area (Å²) >= 11 is 1.87. The molecule has 0 saturated carbocycles. The van der Waals surface area contributed by atoms with Crippen LogP contribution in [0.4, 0.5) is 0 Å². The van der Waals surface area contributed by atoms with Crippen molar-refractivity contribution >= 4 is 28.0 Å². The van der Waals surface area contributed by atoms with Crippen LogP contribution in [0.2, 0.25) is 0 Å². The number of fused-ring (bicyclic) bond motifs is 1. The fraction of sp³-hybridized carbons (Fsp3) is 0.303. The molecule has 2 aromatic rings. The van der Waals surface area contributed by atoms with Crippen LogP contribution in [0.25, 0.3) is 10.5 Å². The molecule has 0 atom stereocenters. The number of benzene rings is 2. The minimum Gasteiger partial charge on any atom is -0.235 e. The summed E-state index contributed by atoms with van der Waals surface area (Å²) in [6, 6.07) is 16.1. The van der Waals surface area contributed by atoms with Crippen LogP contribution in [-0.4, -0.2) is 24.4 Å². The topological polar surface area (TPSA) is 3.01 Å². The van der Waals surface area contributed by atoms with Crippen molar-refractivity contribution in [2.24, 2.45) is 0 Å². The summed E-state index contributed by atoms with van der Waals surface area (Å²) in [5.74, 6) is 0. The van der Waals surface area contributed by atoms with E-state index in [0.29, 0.717) is 0 Å². The van der Waals surface area contributed by atoms with Gasteiger partial charge in [0.05, 0.1) is 0 Å². The van der Waals surface area contributed by atoms with Gasteiger partial charge < -0.3 is 0 Å². The molecule has 0 bridgehead atoms. The Balaban J connectivity index is 1.77. The fourth-order valence-corrected chi connectivity index (χ4v) is 5.26. The second-order valence-corrected chi connectivity index (χ2v) is 12.8. The number of hydrogen-bond donors (Lipinski definition) is 0. The molecule has 0 radical (unpaired) electrons. The van der Waals surface area contributed by atoms with Crippen molar-refractivity contribution in [3.05, 3.63) is 113 Å². The monoisotopic (exact) mass is 480 g/mol. The van der Waals surface area contributed by atoms with E-state index in [4.69, 9.17) is 0 Å². The molecule has 2 aromatic carbocycles. The molecule has 180 valence electrons. The van der Waals surface area contributed by atoms with Crippen LogP contribution < -0.4 is 0 Å². The molecule has 1 heterocycles. The number of nitrogens with zero attached hydrogens (tertiary/aromatic N) is 1.